The van der Waals surface area contributed by atoms with Gasteiger partial charge in [-0.2, -0.15) is 0 Å². The summed E-state index contributed by atoms with van der Waals surface area (Å²) in [6.45, 7) is 2.54. The van der Waals surface area contributed by atoms with Crippen LogP contribution in [0.15, 0.2) is 71.3 Å². The maximum atomic E-state index is 13.2. The molecule has 8 nitrogen and oxygen atoms in total. The predicted molar refractivity (Wildman–Crippen MR) is 134 cm³/mol. The average Bonchev–Trinajstić information content (AvgIpc) is 3.57. The number of nitrogens with zero attached hydrogens (tertiary/aromatic N) is 1. The minimum absolute atomic E-state index is 0.105. The number of carbonyl (C=O) groups is 2. The third-order valence-corrected chi connectivity index (χ3v) is 6.10. The average molecular weight is 492 g/mol. The minimum atomic E-state index is -0.241. The highest BCUT2D eigenvalue weighted by atomic mass is 32.1. The third-order valence-electron chi connectivity index (χ3n) is 5.03. The quantitative estimate of drug-likeness (QED) is 0.338. The standard InChI is InChI=1S/C26H25N3O5S/c1-3-27-22(30)16-34-19-12-11-17(14-21(19)32-2)15-28-25(31)24-23(18-8-5-4-6-9-18)29-26(35-24)20-10-7-13-33-20/h4-14H,3,15-16H2,1-2H3,(H,27,30)(H,28,31). The molecule has 0 atom stereocenters. The van der Waals surface area contributed by atoms with Crippen LogP contribution in [-0.2, 0) is 11.3 Å². The number of methoxy groups -OCH3 is 1. The van der Waals surface area contributed by atoms with Crippen LogP contribution < -0.4 is 20.1 Å². The van der Waals surface area contributed by atoms with Crippen LogP contribution in [0.2, 0.25) is 0 Å². The summed E-state index contributed by atoms with van der Waals surface area (Å²) < 4.78 is 16.4. The summed E-state index contributed by atoms with van der Waals surface area (Å²) in [6, 6.07) is 18.5. The van der Waals surface area contributed by atoms with Crippen molar-refractivity contribution in [2.75, 3.05) is 20.3 Å². The van der Waals surface area contributed by atoms with Crippen molar-refractivity contribution in [3.8, 4) is 33.5 Å². The molecule has 0 bridgehead atoms. The van der Waals surface area contributed by atoms with Gasteiger partial charge in [-0.1, -0.05) is 36.4 Å². The lowest BCUT2D eigenvalue weighted by atomic mass is 10.1. The fraction of sp³-hybridized carbons (Fsp3) is 0.192. The van der Waals surface area contributed by atoms with Gasteiger partial charge in [0.05, 0.1) is 19.1 Å². The van der Waals surface area contributed by atoms with Gasteiger partial charge in [0.1, 0.15) is 4.88 Å². The monoisotopic (exact) mass is 491 g/mol. The molecular formula is C26H25N3O5S. The highest BCUT2D eigenvalue weighted by Gasteiger charge is 2.21. The Bertz CT molecular complexity index is 1290. The molecule has 0 fully saturated rings. The van der Waals surface area contributed by atoms with Gasteiger partial charge in [-0.25, -0.2) is 4.98 Å². The molecule has 2 heterocycles. The minimum Gasteiger partial charge on any atom is -0.493 e. The van der Waals surface area contributed by atoms with E-state index in [1.54, 1.807) is 24.5 Å². The Morgan fingerprint density at radius 1 is 1.03 bits per heavy atom. The summed E-state index contributed by atoms with van der Waals surface area (Å²) in [6.07, 6.45) is 1.58. The summed E-state index contributed by atoms with van der Waals surface area (Å²) in [5, 5.41) is 6.27. The van der Waals surface area contributed by atoms with Crippen molar-refractivity contribution in [2.24, 2.45) is 0 Å². The summed E-state index contributed by atoms with van der Waals surface area (Å²) in [5.41, 5.74) is 2.27. The zero-order chi connectivity index (χ0) is 24.6. The lowest BCUT2D eigenvalue weighted by molar-refractivity contribution is -0.123. The number of thiazole rings is 1. The van der Waals surface area contributed by atoms with Crippen molar-refractivity contribution < 1.29 is 23.5 Å². The Hall–Kier alpha value is -4.11. The van der Waals surface area contributed by atoms with Crippen LogP contribution >= 0.6 is 11.3 Å². The molecule has 35 heavy (non-hydrogen) atoms. The van der Waals surface area contributed by atoms with Crippen LogP contribution in [-0.4, -0.2) is 37.1 Å². The molecule has 0 aliphatic rings. The topological polar surface area (TPSA) is 103 Å². The lowest BCUT2D eigenvalue weighted by Gasteiger charge is -2.12. The van der Waals surface area contributed by atoms with Gasteiger partial charge < -0.3 is 24.5 Å². The Morgan fingerprint density at radius 2 is 1.86 bits per heavy atom. The van der Waals surface area contributed by atoms with Crippen molar-refractivity contribution >= 4 is 23.2 Å². The van der Waals surface area contributed by atoms with Crippen molar-refractivity contribution in [3.05, 3.63) is 77.4 Å². The summed E-state index contributed by atoms with van der Waals surface area (Å²) in [5.74, 6) is 1.09. The number of benzene rings is 2. The van der Waals surface area contributed by atoms with E-state index < -0.39 is 0 Å². The number of nitrogens with one attached hydrogen (secondary N) is 2. The molecule has 0 radical (unpaired) electrons. The second-order valence-corrected chi connectivity index (χ2v) is 8.45. The van der Waals surface area contributed by atoms with Crippen molar-refractivity contribution in [3.63, 3.8) is 0 Å². The van der Waals surface area contributed by atoms with Gasteiger partial charge in [-0.3, -0.25) is 9.59 Å². The largest absolute Gasteiger partial charge is 0.493 e. The number of furan rings is 1. The molecule has 0 unspecified atom stereocenters. The van der Waals surface area contributed by atoms with E-state index in [1.165, 1.54) is 18.4 Å². The summed E-state index contributed by atoms with van der Waals surface area (Å²) in [7, 11) is 1.52. The molecule has 4 rings (SSSR count). The first-order chi connectivity index (χ1) is 17.1. The number of amides is 2. The van der Waals surface area contributed by atoms with Gasteiger partial charge in [0, 0.05) is 18.7 Å². The fourth-order valence-electron chi connectivity index (χ4n) is 3.37. The van der Waals surface area contributed by atoms with E-state index >= 15 is 0 Å². The van der Waals surface area contributed by atoms with Gasteiger partial charge in [0.15, 0.2) is 28.9 Å². The van der Waals surface area contributed by atoms with E-state index in [0.29, 0.717) is 39.4 Å². The Kier molecular flexibility index (Phi) is 7.79. The zero-order valence-electron chi connectivity index (χ0n) is 19.4. The van der Waals surface area contributed by atoms with Gasteiger partial charge in [-0.15, -0.1) is 11.3 Å². The first-order valence-electron chi connectivity index (χ1n) is 11.0. The highest BCUT2D eigenvalue weighted by Crippen LogP contribution is 2.34. The first kappa shape index (κ1) is 24.0. The van der Waals surface area contributed by atoms with Crippen molar-refractivity contribution in [2.45, 2.75) is 13.5 Å². The summed E-state index contributed by atoms with van der Waals surface area (Å²) >= 11 is 1.28. The van der Waals surface area contributed by atoms with Crippen LogP contribution in [0.3, 0.4) is 0 Å². The SMILES string of the molecule is CCNC(=O)COc1ccc(CNC(=O)c2sc(-c3ccco3)nc2-c2ccccc2)cc1OC. The van der Waals surface area contributed by atoms with Crippen molar-refractivity contribution in [1.29, 1.82) is 0 Å². The second kappa shape index (κ2) is 11.3. The van der Waals surface area contributed by atoms with Gasteiger partial charge >= 0.3 is 0 Å². The van der Waals surface area contributed by atoms with Crippen LogP contribution in [0.25, 0.3) is 22.0 Å². The van der Waals surface area contributed by atoms with E-state index in [0.717, 1.165) is 11.1 Å². The zero-order valence-corrected chi connectivity index (χ0v) is 20.2. The Labute approximate surface area is 206 Å². The molecule has 2 aromatic carbocycles. The van der Waals surface area contributed by atoms with Crippen LogP contribution in [0.5, 0.6) is 11.5 Å². The maximum absolute atomic E-state index is 13.2. The van der Waals surface area contributed by atoms with E-state index in [2.05, 4.69) is 15.6 Å². The molecule has 180 valence electrons. The Balaban J connectivity index is 1.50. The number of hydrogen-bond donors (Lipinski definition) is 2. The molecule has 2 amide bonds. The first-order valence-corrected chi connectivity index (χ1v) is 11.9. The summed E-state index contributed by atoms with van der Waals surface area (Å²) in [4.78, 5) is 30.0. The predicted octanol–water partition coefficient (Wildman–Crippen LogP) is 4.52. The third kappa shape index (κ3) is 5.88. The van der Waals surface area contributed by atoms with E-state index in [1.807, 2.05) is 49.4 Å². The van der Waals surface area contributed by atoms with Crippen LogP contribution in [0.4, 0.5) is 0 Å². The smallest absolute Gasteiger partial charge is 0.263 e. The van der Waals surface area contributed by atoms with E-state index in [9.17, 15) is 9.59 Å². The van der Waals surface area contributed by atoms with Gasteiger partial charge in [0.2, 0.25) is 0 Å². The van der Waals surface area contributed by atoms with Crippen molar-refractivity contribution in [1.82, 2.24) is 15.6 Å². The van der Waals surface area contributed by atoms with Crippen LogP contribution in [0.1, 0.15) is 22.2 Å². The molecule has 2 N–H and O–H groups in total. The molecule has 2 aromatic heterocycles. The van der Waals surface area contributed by atoms with E-state index in [4.69, 9.17) is 13.9 Å². The number of rotatable bonds is 10. The number of aromatic nitrogens is 1. The number of likely N-dealkylation sites (N-methyl/N-ethyl adjacent to an activating group) is 1. The highest BCUT2D eigenvalue weighted by molar-refractivity contribution is 7.17. The van der Waals surface area contributed by atoms with Gasteiger partial charge in [0.25, 0.3) is 11.8 Å². The lowest BCUT2D eigenvalue weighted by Crippen LogP contribution is -2.28. The fourth-order valence-corrected chi connectivity index (χ4v) is 4.34. The number of carbonyl (C=O) groups excluding carboxylic acids is 2. The molecular weight excluding hydrogens is 466 g/mol. The molecule has 0 aliphatic carbocycles. The molecule has 9 heteroatoms. The number of hydrogen-bond acceptors (Lipinski definition) is 7. The molecule has 0 saturated heterocycles. The normalized spacial score (nSPS) is 10.6. The van der Waals surface area contributed by atoms with E-state index in [-0.39, 0.29) is 25.0 Å². The molecule has 0 saturated carbocycles. The number of ether oxygens (including phenoxy) is 2. The molecule has 0 aliphatic heterocycles. The second-order valence-electron chi connectivity index (χ2n) is 7.45. The molecule has 4 aromatic rings. The molecule has 0 spiro atoms. The maximum Gasteiger partial charge on any atom is 0.263 e. The van der Waals surface area contributed by atoms with Gasteiger partial charge in [-0.05, 0) is 36.8 Å². The Morgan fingerprint density at radius 3 is 2.57 bits per heavy atom. The van der Waals surface area contributed by atoms with Crippen LogP contribution in [0, 0.1) is 0 Å².